The van der Waals surface area contributed by atoms with Gasteiger partial charge in [-0.15, -0.1) is 5.10 Å². The summed E-state index contributed by atoms with van der Waals surface area (Å²) in [5.41, 5.74) is 1.03. The summed E-state index contributed by atoms with van der Waals surface area (Å²) >= 11 is 5.92. The summed E-state index contributed by atoms with van der Waals surface area (Å²) in [5.74, 6) is 0.552. The molecule has 23 heavy (non-hydrogen) atoms. The van der Waals surface area contributed by atoms with Crippen molar-refractivity contribution in [3.63, 3.8) is 0 Å². The number of benzene rings is 1. The lowest BCUT2D eigenvalue weighted by atomic mass is 10.2. The van der Waals surface area contributed by atoms with Crippen LogP contribution in [0.1, 0.15) is 36.9 Å². The third kappa shape index (κ3) is 2.88. The molecule has 0 N–H and O–H groups in total. The molecule has 1 aromatic heterocycles. The lowest BCUT2D eigenvalue weighted by Crippen LogP contribution is -2.29. The highest BCUT2D eigenvalue weighted by molar-refractivity contribution is 7.89. The van der Waals surface area contributed by atoms with Gasteiger partial charge in [0.2, 0.25) is 10.0 Å². The van der Waals surface area contributed by atoms with Crippen LogP contribution in [-0.4, -0.2) is 40.8 Å². The van der Waals surface area contributed by atoms with Crippen LogP contribution in [0.15, 0.2) is 35.4 Å². The monoisotopic (exact) mass is 352 g/mol. The Kier molecular flexibility index (Phi) is 3.66. The van der Waals surface area contributed by atoms with E-state index in [-0.39, 0.29) is 10.9 Å². The fraction of sp³-hybridized carbons (Fsp3) is 0.467. The van der Waals surface area contributed by atoms with E-state index < -0.39 is 10.0 Å². The summed E-state index contributed by atoms with van der Waals surface area (Å²) in [7, 11) is -3.51. The highest BCUT2D eigenvalue weighted by Crippen LogP contribution is 2.39. The summed E-state index contributed by atoms with van der Waals surface area (Å²) in [5, 5.41) is 8.82. The zero-order chi connectivity index (χ0) is 16.0. The molecule has 122 valence electrons. The maximum atomic E-state index is 12.7. The molecule has 0 unspecified atom stereocenters. The smallest absolute Gasteiger partial charge is 0.243 e. The van der Waals surface area contributed by atoms with Gasteiger partial charge in [0.1, 0.15) is 0 Å². The highest BCUT2D eigenvalue weighted by atomic mass is 35.5. The first-order chi connectivity index (χ1) is 11.0. The molecular formula is C15H17ClN4O2S. The fourth-order valence-electron chi connectivity index (χ4n) is 2.96. The lowest BCUT2D eigenvalue weighted by molar-refractivity contribution is 0.428. The van der Waals surface area contributed by atoms with E-state index in [1.807, 2.05) is 10.9 Å². The van der Waals surface area contributed by atoms with E-state index in [2.05, 4.69) is 10.3 Å². The molecule has 2 aliphatic rings. The fourth-order valence-corrected chi connectivity index (χ4v) is 4.75. The van der Waals surface area contributed by atoms with E-state index in [9.17, 15) is 8.42 Å². The predicted octanol–water partition coefficient (Wildman–Crippen LogP) is 2.44. The maximum Gasteiger partial charge on any atom is 0.243 e. The highest BCUT2D eigenvalue weighted by Gasteiger charge is 2.35. The Hall–Kier alpha value is -1.44. The summed E-state index contributed by atoms with van der Waals surface area (Å²) in [6.07, 6.45) is 5.07. The second-order valence-electron chi connectivity index (χ2n) is 6.16. The molecule has 2 fully saturated rings. The van der Waals surface area contributed by atoms with Crippen molar-refractivity contribution >= 4 is 21.6 Å². The molecule has 2 heterocycles. The summed E-state index contributed by atoms with van der Waals surface area (Å²) < 4.78 is 28.7. The third-order valence-electron chi connectivity index (χ3n) is 4.46. The van der Waals surface area contributed by atoms with Gasteiger partial charge in [-0.3, -0.25) is 0 Å². The van der Waals surface area contributed by atoms with E-state index in [1.54, 1.807) is 18.2 Å². The molecule has 4 rings (SSSR count). The molecule has 1 saturated carbocycles. The Morgan fingerprint density at radius 2 is 2.04 bits per heavy atom. The molecule has 0 spiro atoms. The molecule has 1 aliphatic carbocycles. The predicted molar refractivity (Wildman–Crippen MR) is 85.9 cm³/mol. The van der Waals surface area contributed by atoms with E-state index in [4.69, 9.17) is 11.6 Å². The van der Waals surface area contributed by atoms with Crippen molar-refractivity contribution in [1.82, 2.24) is 19.3 Å². The van der Waals surface area contributed by atoms with Crippen molar-refractivity contribution < 1.29 is 8.42 Å². The average molecular weight is 353 g/mol. The minimum atomic E-state index is -3.51. The number of hydrogen-bond donors (Lipinski definition) is 0. The Labute approximate surface area is 140 Å². The molecule has 0 bridgehead atoms. The Bertz CT molecular complexity index is 832. The van der Waals surface area contributed by atoms with E-state index in [1.165, 1.54) is 23.2 Å². The lowest BCUT2D eigenvalue weighted by Gasteiger charge is -2.16. The zero-order valence-electron chi connectivity index (χ0n) is 12.5. The van der Waals surface area contributed by atoms with Crippen molar-refractivity contribution in [3.05, 3.63) is 41.2 Å². The SMILES string of the molecule is O=S(=O)(c1cccc(Cl)c1)N1CC[C@H](n2cc(C3CC3)nn2)C1. The van der Waals surface area contributed by atoms with Crippen LogP contribution in [0.3, 0.4) is 0 Å². The molecule has 1 aliphatic heterocycles. The van der Waals surface area contributed by atoms with Gasteiger partial charge < -0.3 is 0 Å². The number of nitrogens with zero attached hydrogens (tertiary/aromatic N) is 4. The Morgan fingerprint density at radius 1 is 1.22 bits per heavy atom. The third-order valence-corrected chi connectivity index (χ3v) is 6.55. The zero-order valence-corrected chi connectivity index (χ0v) is 14.0. The first kappa shape index (κ1) is 15.1. The van der Waals surface area contributed by atoms with Gasteiger partial charge in [-0.05, 0) is 37.5 Å². The summed E-state index contributed by atoms with van der Waals surface area (Å²) in [4.78, 5) is 0.239. The molecule has 6 nitrogen and oxygen atoms in total. The molecule has 0 radical (unpaired) electrons. The van der Waals surface area contributed by atoms with Gasteiger partial charge in [-0.25, -0.2) is 13.1 Å². The first-order valence-electron chi connectivity index (χ1n) is 7.71. The number of halogens is 1. The minimum Gasteiger partial charge on any atom is -0.248 e. The van der Waals surface area contributed by atoms with Gasteiger partial charge in [0, 0.05) is 30.2 Å². The van der Waals surface area contributed by atoms with E-state index in [0.29, 0.717) is 24.0 Å². The second-order valence-corrected chi connectivity index (χ2v) is 8.53. The Morgan fingerprint density at radius 3 is 2.78 bits per heavy atom. The Balaban J connectivity index is 1.52. The number of sulfonamides is 1. The van der Waals surface area contributed by atoms with Gasteiger partial charge in [0.25, 0.3) is 0 Å². The van der Waals surface area contributed by atoms with Crippen molar-refractivity contribution in [3.8, 4) is 0 Å². The number of aromatic nitrogens is 3. The van der Waals surface area contributed by atoms with Crippen LogP contribution in [0.5, 0.6) is 0 Å². The molecule has 1 saturated heterocycles. The molecule has 8 heteroatoms. The van der Waals surface area contributed by atoms with Crippen LogP contribution in [0.4, 0.5) is 0 Å². The standard InChI is InChI=1S/C15H17ClN4O2S/c16-12-2-1-3-14(8-12)23(21,22)19-7-6-13(9-19)20-10-15(17-18-20)11-4-5-11/h1-3,8,10-11,13H,4-7,9H2/t13-/m0/s1. The van der Waals surface area contributed by atoms with Gasteiger partial charge >= 0.3 is 0 Å². The summed E-state index contributed by atoms with van der Waals surface area (Å²) in [6, 6.07) is 6.44. The van der Waals surface area contributed by atoms with Crippen LogP contribution >= 0.6 is 11.6 Å². The van der Waals surface area contributed by atoms with Gasteiger partial charge in [-0.2, -0.15) is 4.31 Å². The number of rotatable bonds is 4. The quantitative estimate of drug-likeness (QED) is 0.847. The van der Waals surface area contributed by atoms with Crippen molar-refractivity contribution in [1.29, 1.82) is 0 Å². The molecule has 1 atom stereocenters. The van der Waals surface area contributed by atoms with Crippen molar-refractivity contribution in [2.24, 2.45) is 0 Å². The number of hydrogen-bond acceptors (Lipinski definition) is 4. The molecule has 1 aromatic carbocycles. The minimum absolute atomic E-state index is 0.0453. The van der Waals surface area contributed by atoms with Crippen LogP contribution in [0.2, 0.25) is 5.02 Å². The van der Waals surface area contributed by atoms with Crippen LogP contribution in [-0.2, 0) is 10.0 Å². The van der Waals surface area contributed by atoms with Crippen LogP contribution in [0, 0.1) is 0 Å². The second kappa shape index (κ2) is 5.58. The average Bonchev–Trinajstić information content (AvgIpc) is 3.06. The largest absolute Gasteiger partial charge is 0.248 e. The van der Waals surface area contributed by atoms with Gasteiger partial charge in [0.05, 0.1) is 16.6 Å². The van der Waals surface area contributed by atoms with Crippen molar-refractivity contribution in [2.75, 3.05) is 13.1 Å². The van der Waals surface area contributed by atoms with Crippen molar-refractivity contribution in [2.45, 2.75) is 36.1 Å². The van der Waals surface area contributed by atoms with Gasteiger partial charge in [-0.1, -0.05) is 22.9 Å². The van der Waals surface area contributed by atoms with Crippen LogP contribution < -0.4 is 0 Å². The molecular weight excluding hydrogens is 336 g/mol. The normalized spacial score (nSPS) is 22.6. The molecule has 0 amide bonds. The van der Waals surface area contributed by atoms with Crippen LogP contribution in [0.25, 0.3) is 0 Å². The topological polar surface area (TPSA) is 68.1 Å². The summed E-state index contributed by atoms with van der Waals surface area (Å²) in [6.45, 7) is 0.903. The van der Waals surface area contributed by atoms with Gasteiger partial charge in [0.15, 0.2) is 0 Å². The van der Waals surface area contributed by atoms with E-state index in [0.717, 1.165) is 12.1 Å². The maximum absolute atomic E-state index is 12.7. The first-order valence-corrected chi connectivity index (χ1v) is 9.53. The molecule has 2 aromatic rings. The van der Waals surface area contributed by atoms with E-state index >= 15 is 0 Å².